The summed E-state index contributed by atoms with van der Waals surface area (Å²) in [6, 6.07) is 8.73. The second-order valence-electron chi connectivity index (χ2n) is 5.26. The molecule has 0 aliphatic rings. The Morgan fingerprint density at radius 3 is 2.37 bits per heavy atom. The average molecular weight is 371 g/mol. The summed E-state index contributed by atoms with van der Waals surface area (Å²) in [5.41, 5.74) is 5.62. The minimum atomic E-state index is -0.770. The van der Waals surface area contributed by atoms with E-state index in [0.29, 0.717) is 5.75 Å². The average Bonchev–Trinajstić information content (AvgIpc) is 2.65. The van der Waals surface area contributed by atoms with Crippen molar-refractivity contribution in [3.05, 3.63) is 63.7 Å². The summed E-state index contributed by atoms with van der Waals surface area (Å²) < 4.78 is 10.2. The molecule has 0 atom stereocenters. The van der Waals surface area contributed by atoms with Crippen LogP contribution in [0.1, 0.15) is 15.9 Å². The van der Waals surface area contributed by atoms with Crippen LogP contribution < -0.4 is 20.5 Å². The number of nitrogens with two attached hydrogens (primary N) is 1. The normalized spacial score (nSPS) is 10.4. The Morgan fingerprint density at radius 2 is 1.78 bits per heavy atom. The van der Waals surface area contributed by atoms with Crippen LogP contribution in [-0.4, -0.2) is 31.0 Å². The number of nitro benzene ring substituents is 1. The fraction of sp³-hybridized carbons (Fsp3) is 0.111. The van der Waals surface area contributed by atoms with E-state index >= 15 is 0 Å². The number of para-hydroxylation sites is 1. The molecule has 9 heteroatoms. The number of primary amides is 1. The quantitative estimate of drug-likeness (QED) is 0.436. The number of rotatable bonds is 7. The summed E-state index contributed by atoms with van der Waals surface area (Å²) in [4.78, 5) is 34.3. The number of nitro groups is 1. The van der Waals surface area contributed by atoms with Crippen molar-refractivity contribution in [2.24, 2.45) is 5.73 Å². The number of carbonyl (C=O) groups excluding carboxylic acids is 2. The number of ether oxygens (including phenoxy) is 2. The van der Waals surface area contributed by atoms with E-state index in [1.165, 1.54) is 50.6 Å². The number of hydrogen-bond acceptors (Lipinski definition) is 6. The van der Waals surface area contributed by atoms with E-state index in [4.69, 9.17) is 15.2 Å². The highest BCUT2D eigenvalue weighted by atomic mass is 16.6. The van der Waals surface area contributed by atoms with Crippen LogP contribution in [0.25, 0.3) is 6.08 Å². The zero-order valence-corrected chi connectivity index (χ0v) is 14.6. The summed E-state index contributed by atoms with van der Waals surface area (Å²) in [5.74, 6) is -0.808. The molecule has 0 spiro atoms. The SMILES string of the molecule is COc1cc(NC(=O)/C=C/c2ccccc2[N+](=O)[O-])c(C(N)=O)cc1OC. The monoisotopic (exact) mass is 371 g/mol. The van der Waals surface area contributed by atoms with E-state index in [2.05, 4.69) is 5.32 Å². The highest BCUT2D eigenvalue weighted by molar-refractivity contribution is 6.08. The number of hydrogen-bond donors (Lipinski definition) is 2. The lowest BCUT2D eigenvalue weighted by Gasteiger charge is -2.13. The maximum absolute atomic E-state index is 12.2. The highest BCUT2D eigenvalue weighted by Crippen LogP contribution is 2.33. The third-order valence-corrected chi connectivity index (χ3v) is 3.59. The first-order valence-electron chi connectivity index (χ1n) is 7.65. The van der Waals surface area contributed by atoms with Crippen molar-refractivity contribution < 1.29 is 24.0 Å². The van der Waals surface area contributed by atoms with Crippen molar-refractivity contribution in [1.29, 1.82) is 0 Å². The molecule has 3 N–H and O–H groups in total. The number of benzene rings is 2. The highest BCUT2D eigenvalue weighted by Gasteiger charge is 2.16. The van der Waals surface area contributed by atoms with E-state index in [-0.39, 0.29) is 28.3 Å². The molecule has 0 radical (unpaired) electrons. The van der Waals surface area contributed by atoms with Gasteiger partial charge in [-0.25, -0.2) is 0 Å². The zero-order valence-electron chi connectivity index (χ0n) is 14.6. The molecule has 2 aromatic rings. The molecule has 2 rings (SSSR count). The number of carbonyl (C=O) groups is 2. The van der Waals surface area contributed by atoms with E-state index in [1.54, 1.807) is 6.07 Å². The minimum Gasteiger partial charge on any atom is -0.493 e. The number of anilines is 1. The van der Waals surface area contributed by atoms with Gasteiger partial charge in [0, 0.05) is 18.2 Å². The first-order valence-corrected chi connectivity index (χ1v) is 7.65. The zero-order chi connectivity index (χ0) is 20.0. The molecule has 0 unspecified atom stereocenters. The van der Waals surface area contributed by atoms with E-state index in [1.807, 2.05) is 0 Å². The molecule has 0 aliphatic carbocycles. The van der Waals surface area contributed by atoms with E-state index in [9.17, 15) is 19.7 Å². The van der Waals surface area contributed by atoms with Gasteiger partial charge in [-0.15, -0.1) is 0 Å². The molecule has 140 valence electrons. The molecule has 2 aromatic carbocycles. The van der Waals surface area contributed by atoms with Crippen molar-refractivity contribution in [3.63, 3.8) is 0 Å². The van der Waals surface area contributed by atoms with Gasteiger partial charge in [0.25, 0.3) is 11.6 Å². The Labute approximate surface area is 154 Å². The number of methoxy groups -OCH3 is 2. The van der Waals surface area contributed by atoms with Gasteiger partial charge in [0.05, 0.1) is 36.0 Å². The fourth-order valence-electron chi connectivity index (χ4n) is 2.32. The molecular formula is C18H17N3O6. The van der Waals surface area contributed by atoms with Crippen LogP contribution in [0.4, 0.5) is 11.4 Å². The standard InChI is InChI=1S/C18H17N3O6/c1-26-15-9-12(18(19)23)13(10-16(15)27-2)20-17(22)8-7-11-5-3-4-6-14(11)21(24)25/h3-10H,1-2H3,(H2,19,23)(H,20,22)/b8-7+. The second-order valence-corrected chi connectivity index (χ2v) is 5.26. The summed E-state index contributed by atoms with van der Waals surface area (Å²) >= 11 is 0. The van der Waals surface area contributed by atoms with Crippen LogP contribution in [-0.2, 0) is 4.79 Å². The van der Waals surface area contributed by atoms with Crippen LogP contribution in [0.5, 0.6) is 11.5 Å². The lowest BCUT2D eigenvalue weighted by molar-refractivity contribution is -0.385. The lowest BCUT2D eigenvalue weighted by atomic mass is 10.1. The van der Waals surface area contributed by atoms with Crippen molar-refractivity contribution >= 4 is 29.3 Å². The third-order valence-electron chi connectivity index (χ3n) is 3.59. The van der Waals surface area contributed by atoms with Gasteiger partial charge in [-0.05, 0) is 18.2 Å². The van der Waals surface area contributed by atoms with Gasteiger partial charge in [-0.2, -0.15) is 0 Å². The molecule has 2 amide bonds. The molecule has 27 heavy (non-hydrogen) atoms. The largest absolute Gasteiger partial charge is 0.493 e. The molecule has 9 nitrogen and oxygen atoms in total. The van der Waals surface area contributed by atoms with Gasteiger partial charge in [0.2, 0.25) is 5.91 Å². The Morgan fingerprint density at radius 1 is 1.15 bits per heavy atom. The van der Waals surface area contributed by atoms with Crippen molar-refractivity contribution in [1.82, 2.24) is 0 Å². The molecule has 0 fully saturated rings. The van der Waals surface area contributed by atoms with Crippen LogP contribution >= 0.6 is 0 Å². The van der Waals surface area contributed by atoms with Gasteiger partial charge in [-0.1, -0.05) is 12.1 Å². The van der Waals surface area contributed by atoms with Crippen molar-refractivity contribution in [2.45, 2.75) is 0 Å². The summed E-state index contributed by atoms with van der Waals surface area (Å²) in [5, 5.41) is 13.5. The number of nitrogens with one attached hydrogen (secondary N) is 1. The van der Waals surface area contributed by atoms with Gasteiger partial charge in [-0.3, -0.25) is 19.7 Å². The molecule has 0 aromatic heterocycles. The third kappa shape index (κ3) is 4.60. The predicted octanol–water partition coefficient (Wildman–Crippen LogP) is 2.36. The number of amides is 2. The first kappa shape index (κ1) is 19.4. The van der Waals surface area contributed by atoms with Crippen molar-refractivity contribution in [2.75, 3.05) is 19.5 Å². The maximum atomic E-state index is 12.2. The summed E-state index contributed by atoms with van der Waals surface area (Å²) in [7, 11) is 2.80. The van der Waals surface area contributed by atoms with Crippen LogP contribution in [0.15, 0.2) is 42.5 Å². The van der Waals surface area contributed by atoms with Crippen molar-refractivity contribution in [3.8, 4) is 11.5 Å². The van der Waals surface area contributed by atoms with Crippen LogP contribution in [0.3, 0.4) is 0 Å². The Balaban J connectivity index is 2.30. The van der Waals surface area contributed by atoms with Gasteiger partial charge in [0.15, 0.2) is 11.5 Å². The predicted molar refractivity (Wildman–Crippen MR) is 98.8 cm³/mol. The van der Waals surface area contributed by atoms with Crippen LogP contribution in [0, 0.1) is 10.1 Å². The second kappa shape index (κ2) is 8.48. The molecule has 0 saturated heterocycles. The van der Waals surface area contributed by atoms with Gasteiger partial charge < -0.3 is 20.5 Å². The minimum absolute atomic E-state index is 0.0279. The Hall–Kier alpha value is -3.88. The van der Waals surface area contributed by atoms with Gasteiger partial charge >= 0.3 is 0 Å². The maximum Gasteiger partial charge on any atom is 0.276 e. The Bertz CT molecular complexity index is 923. The number of nitrogens with zero attached hydrogens (tertiary/aromatic N) is 1. The smallest absolute Gasteiger partial charge is 0.276 e. The molecular weight excluding hydrogens is 354 g/mol. The molecule has 0 aliphatic heterocycles. The fourth-order valence-corrected chi connectivity index (χ4v) is 2.32. The Kier molecular flexibility index (Phi) is 6.10. The summed E-state index contributed by atoms with van der Waals surface area (Å²) in [6.07, 6.45) is 2.42. The van der Waals surface area contributed by atoms with E-state index < -0.39 is 16.7 Å². The topological polar surface area (TPSA) is 134 Å². The van der Waals surface area contributed by atoms with Gasteiger partial charge in [0.1, 0.15) is 0 Å². The molecule has 0 bridgehead atoms. The first-order chi connectivity index (χ1) is 12.9. The van der Waals surface area contributed by atoms with Crippen LogP contribution in [0.2, 0.25) is 0 Å². The molecule has 0 heterocycles. The lowest BCUT2D eigenvalue weighted by Crippen LogP contribution is -2.17. The van der Waals surface area contributed by atoms with E-state index in [0.717, 1.165) is 6.08 Å². The molecule has 0 saturated carbocycles. The summed E-state index contributed by atoms with van der Waals surface area (Å²) in [6.45, 7) is 0.